The SMILES string of the molecule is COc1ccc([C@@H](c2ccccc2)N2CCN(CCOCC(N)=O)CC2)cc1. The number of piperazine rings is 1. The monoisotopic (exact) mass is 383 g/mol. The molecule has 1 amide bonds. The van der Waals surface area contributed by atoms with Crippen LogP contribution in [0.2, 0.25) is 0 Å². The maximum absolute atomic E-state index is 10.7. The highest BCUT2D eigenvalue weighted by molar-refractivity contribution is 5.74. The van der Waals surface area contributed by atoms with Gasteiger partial charge in [-0.25, -0.2) is 0 Å². The molecule has 2 N–H and O–H groups in total. The molecule has 28 heavy (non-hydrogen) atoms. The predicted molar refractivity (Wildman–Crippen MR) is 109 cm³/mol. The molecule has 2 aromatic rings. The Morgan fingerprint density at radius 3 is 2.25 bits per heavy atom. The summed E-state index contributed by atoms with van der Waals surface area (Å²) in [4.78, 5) is 15.6. The molecular weight excluding hydrogens is 354 g/mol. The molecule has 2 aromatic carbocycles. The molecule has 150 valence electrons. The molecule has 6 nitrogen and oxygen atoms in total. The van der Waals surface area contributed by atoms with Crippen molar-refractivity contribution in [3.63, 3.8) is 0 Å². The minimum atomic E-state index is -0.421. The fraction of sp³-hybridized carbons (Fsp3) is 0.409. The van der Waals surface area contributed by atoms with E-state index in [4.69, 9.17) is 15.2 Å². The number of nitrogens with zero attached hydrogens (tertiary/aromatic N) is 2. The van der Waals surface area contributed by atoms with Crippen molar-refractivity contribution in [2.45, 2.75) is 6.04 Å². The van der Waals surface area contributed by atoms with Gasteiger partial charge in [0, 0.05) is 32.7 Å². The number of benzene rings is 2. The first kappa shape index (κ1) is 20.3. The average Bonchev–Trinajstić information content (AvgIpc) is 2.74. The molecule has 0 spiro atoms. The van der Waals surface area contributed by atoms with Crippen LogP contribution < -0.4 is 10.5 Å². The third-order valence-corrected chi connectivity index (χ3v) is 5.12. The van der Waals surface area contributed by atoms with Crippen LogP contribution in [0.15, 0.2) is 54.6 Å². The molecule has 1 heterocycles. The van der Waals surface area contributed by atoms with Gasteiger partial charge in [0.05, 0.1) is 19.8 Å². The number of amides is 1. The fourth-order valence-electron chi connectivity index (χ4n) is 3.65. The number of nitrogens with two attached hydrogens (primary N) is 1. The van der Waals surface area contributed by atoms with Crippen molar-refractivity contribution in [3.8, 4) is 5.75 Å². The summed E-state index contributed by atoms with van der Waals surface area (Å²) in [5.74, 6) is 0.450. The molecule has 6 heteroatoms. The van der Waals surface area contributed by atoms with E-state index in [9.17, 15) is 4.79 Å². The van der Waals surface area contributed by atoms with Crippen LogP contribution in [0.1, 0.15) is 17.2 Å². The van der Waals surface area contributed by atoms with E-state index in [-0.39, 0.29) is 12.6 Å². The Balaban J connectivity index is 1.64. The van der Waals surface area contributed by atoms with Gasteiger partial charge >= 0.3 is 0 Å². The molecule has 1 fully saturated rings. The second-order valence-corrected chi connectivity index (χ2v) is 6.98. The Labute approximate surface area is 166 Å². The number of hydrogen-bond acceptors (Lipinski definition) is 5. The van der Waals surface area contributed by atoms with Crippen LogP contribution >= 0.6 is 0 Å². The molecular formula is C22H29N3O3. The summed E-state index contributed by atoms with van der Waals surface area (Å²) >= 11 is 0. The Hall–Kier alpha value is -2.41. The summed E-state index contributed by atoms with van der Waals surface area (Å²) in [7, 11) is 1.69. The van der Waals surface area contributed by atoms with Crippen LogP contribution in [0.5, 0.6) is 5.75 Å². The molecule has 1 saturated heterocycles. The van der Waals surface area contributed by atoms with Gasteiger partial charge in [0.15, 0.2) is 0 Å². The number of hydrogen-bond donors (Lipinski definition) is 1. The molecule has 0 radical (unpaired) electrons. The van der Waals surface area contributed by atoms with Gasteiger partial charge in [-0.05, 0) is 23.3 Å². The summed E-state index contributed by atoms with van der Waals surface area (Å²) in [5, 5.41) is 0. The summed E-state index contributed by atoms with van der Waals surface area (Å²) in [6.45, 7) is 5.23. The lowest BCUT2D eigenvalue weighted by atomic mass is 9.96. The number of primary amides is 1. The van der Waals surface area contributed by atoms with E-state index >= 15 is 0 Å². The number of carbonyl (C=O) groups is 1. The van der Waals surface area contributed by atoms with Crippen LogP contribution in [0, 0.1) is 0 Å². The van der Waals surface area contributed by atoms with Gasteiger partial charge in [-0.1, -0.05) is 42.5 Å². The van der Waals surface area contributed by atoms with Crippen molar-refractivity contribution in [2.24, 2.45) is 5.73 Å². The molecule has 0 aliphatic carbocycles. The largest absolute Gasteiger partial charge is 0.497 e. The second-order valence-electron chi connectivity index (χ2n) is 6.98. The molecule has 0 saturated carbocycles. The van der Waals surface area contributed by atoms with Gasteiger partial charge in [0.1, 0.15) is 12.4 Å². The molecule has 0 aromatic heterocycles. The maximum Gasteiger partial charge on any atom is 0.243 e. The maximum atomic E-state index is 10.7. The van der Waals surface area contributed by atoms with E-state index in [2.05, 4.69) is 52.3 Å². The normalized spacial score (nSPS) is 16.6. The van der Waals surface area contributed by atoms with Crippen LogP contribution in [-0.2, 0) is 9.53 Å². The summed E-state index contributed by atoms with van der Waals surface area (Å²) < 4.78 is 10.6. The molecule has 0 bridgehead atoms. The third kappa shape index (κ3) is 5.55. The van der Waals surface area contributed by atoms with E-state index in [0.29, 0.717) is 6.61 Å². The zero-order valence-corrected chi connectivity index (χ0v) is 16.4. The molecule has 1 aliphatic heterocycles. The van der Waals surface area contributed by atoms with Crippen LogP contribution in [0.4, 0.5) is 0 Å². The number of rotatable bonds is 9. The minimum Gasteiger partial charge on any atom is -0.497 e. The lowest BCUT2D eigenvalue weighted by molar-refractivity contribution is -0.122. The first-order chi connectivity index (χ1) is 13.7. The second kappa shape index (κ2) is 10.2. The van der Waals surface area contributed by atoms with Crippen molar-refractivity contribution in [1.29, 1.82) is 0 Å². The number of methoxy groups -OCH3 is 1. The van der Waals surface area contributed by atoms with E-state index in [1.54, 1.807) is 7.11 Å². The van der Waals surface area contributed by atoms with Gasteiger partial charge < -0.3 is 15.2 Å². The molecule has 0 unspecified atom stereocenters. The van der Waals surface area contributed by atoms with Gasteiger partial charge in [0.25, 0.3) is 0 Å². The van der Waals surface area contributed by atoms with E-state index in [1.807, 2.05) is 12.1 Å². The Bertz CT molecular complexity index is 728. The minimum absolute atomic E-state index is 0.00643. The highest BCUT2D eigenvalue weighted by Crippen LogP contribution is 2.30. The predicted octanol–water partition coefficient (Wildman–Crippen LogP) is 1.90. The zero-order valence-electron chi connectivity index (χ0n) is 16.4. The van der Waals surface area contributed by atoms with Crippen molar-refractivity contribution >= 4 is 5.91 Å². The standard InChI is InChI=1S/C22H29N3O3/c1-27-20-9-7-19(8-10-20)22(18-5-3-2-4-6-18)25-13-11-24(12-14-25)15-16-28-17-21(23)26/h2-10,22H,11-17H2,1H3,(H2,23,26)/t22-/m1/s1. The Morgan fingerprint density at radius 1 is 1.00 bits per heavy atom. The van der Waals surface area contributed by atoms with Gasteiger partial charge in [0.2, 0.25) is 5.91 Å². The first-order valence-electron chi connectivity index (χ1n) is 9.68. The van der Waals surface area contributed by atoms with Gasteiger partial charge in [-0.3, -0.25) is 14.6 Å². The first-order valence-corrected chi connectivity index (χ1v) is 9.68. The fourth-order valence-corrected chi connectivity index (χ4v) is 3.65. The van der Waals surface area contributed by atoms with Gasteiger partial charge in [-0.2, -0.15) is 0 Å². The highest BCUT2D eigenvalue weighted by Gasteiger charge is 2.26. The van der Waals surface area contributed by atoms with E-state index in [0.717, 1.165) is 38.5 Å². The summed E-state index contributed by atoms with van der Waals surface area (Å²) in [6.07, 6.45) is 0. The lowest BCUT2D eigenvalue weighted by Crippen LogP contribution is -2.48. The topological polar surface area (TPSA) is 68.0 Å². The third-order valence-electron chi connectivity index (χ3n) is 5.12. The molecule has 3 rings (SSSR count). The summed E-state index contributed by atoms with van der Waals surface area (Å²) in [6, 6.07) is 19.2. The summed E-state index contributed by atoms with van der Waals surface area (Å²) in [5.41, 5.74) is 7.67. The quantitative estimate of drug-likeness (QED) is 0.670. The average molecular weight is 383 g/mol. The van der Waals surface area contributed by atoms with Crippen LogP contribution in [0.25, 0.3) is 0 Å². The Kier molecular flexibility index (Phi) is 7.42. The molecule has 1 aliphatic rings. The number of ether oxygens (including phenoxy) is 2. The van der Waals surface area contributed by atoms with Crippen LogP contribution in [-0.4, -0.2) is 68.8 Å². The van der Waals surface area contributed by atoms with E-state index < -0.39 is 5.91 Å². The zero-order chi connectivity index (χ0) is 19.8. The van der Waals surface area contributed by atoms with Crippen molar-refractivity contribution in [3.05, 3.63) is 65.7 Å². The highest BCUT2D eigenvalue weighted by atomic mass is 16.5. The molecule has 1 atom stereocenters. The van der Waals surface area contributed by atoms with Crippen molar-refractivity contribution < 1.29 is 14.3 Å². The number of carbonyl (C=O) groups excluding carboxylic acids is 1. The van der Waals surface area contributed by atoms with Crippen molar-refractivity contribution in [1.82, 2.24) is 9.80 Å². The van der Waals surface area contributed by atoms with Gasteiger partial charge in [-0.15, -0.1) is 0 Å². The van der Waals surface area contributed by atoms with Crippen LogP contribution in [0.3, 0.4) is 0 Å². The Morgan fingerprint density at radius 2 is 1.64 bits per heavy atom. The smallest absolute Gasteiger partial charge is 0.243 e. The lowest BCUT2D eigenvalue weighted by Gasteiger charge is -2.39. The van der Waals surface area contributed by atoms with E-state index in [1.165, 1.54) is 11.1 Å². The van der Waals surface area contributed by atoms with Crippen molar-refractivity contribution in [2.75, 3.05) is 53.0 Å².